The summed E-state index contributed by atoms with van der Waals surface area (Å²) in [5.41, 5.74) is 5.83. The normalized spacial score (nSPS) is 15.9. The first kappa shape index (κ1) is 29.3. The van der Waals surface area contributed by atoms with Gasteiger partial charge in [-0.25, -0.2) is 4.79 Å². The Morgan fingerprint density at radius 2 is 1.34 bits per heavy atom. The van der Waals surface area contributed by atoms with E-state index in [1.54, 1.807) is 13.8 Å². The minimum atomic E-state index is -1.59. The smallest absolute Gasteiger partial charge is 0.328 e. The molecular formula is C20H36N4O8. The molecule has 0 aliphatic rings. The van der Waals surface area contributed by atoms with Gasteiger partial charge in [-0.3, -0.25) is 19.2 Å². The summed E-state index contributed by atoms with van der Waals surface area (Å²) in [5, 5.41) is 34.7. The number of aliphatic hydroxyl groups is 1. The van der Waals surface area contributed by atoms with Crippen molar-refractivity contribution in [2.45, 2.75) is 84.2 Å². The molecule has 0 saturated heterocycles. The summed E-state index contributed by atoms with van der Waals surface area (Å²) in [7, 11) is 0. The molecule has 0 heterocycles. The lowest BCUT2D eigenvalue weighted by atomic mass is 10.0. The van der Waals surface area contributed by atoms with Crippen LogP contribution < -0.4 is 21.7 Å². The van der Waals surface area contributed by atoms with Gasteiger partial charge in [0, 0.05) is 6.42 Å². The first-order chi connectivity index (χ1) is 14.7. The first-order valence-corrected chi connectivity index (χ1v) is 10.5. The molecule has 0 saturated carbocycles. The number of hydrogen-bond acceptors (Lipinski definition) is 7. The molecule has 0 spiro atoms. The summed E-state index contributed by atoms with van der Waals surface area (Å²) in [5.74, 6) is -5.28. The number of carboxylic acids is 2. The van der Waals surface area contributed by atoms with Crippen LogP contribution in [0.2, 0.25) is 0 Å². The molecule has 184 valence electrons. The number of carbonyl (C=O) groups is 5. The van der Waals surface area contributed by atoms with Gasteiger partial charge in [0.2, 0.25) is 17.7 Å². The summed E-state index contributed by atoms with van der Waals surface area (Å²) in [6.07, 6.45) is -1.69. The second kappa shape index (κ2) is 13.6. The minimum absolute atomic E-state index is 0.118. The van der Waals surface area contributed by atoms with Crippen molar-refractivity contribution in [1.29, 1.82) is 0 Å². The van der Waals surface area contributed by atoms with E-state index in [0.29, 0.717) is 6.42 Å². The van der Waals surface area contributed by atoms with Crippen LogP contribution in [-0.4, -0.2) is 75.3 Å². The quantitative estimate of drug-likeness (QED) is 0.166. The molecule has 32 heavy (non-hydrogen) atoms. The van der Waals surface area contributed by atoms with E-state index < -0.39 is 72.3 Å². The maximum atomic E-state index is 12.8. The van der Waals surface area contributed by atoms with Gasteiger partial charge in [0.15, 0.2) is 6.04 Å². The van der Waals surface area contributed by atoms with Crippen LogP contribution in [0.1, 0.15) is 53.9 Å². The Kier molecular flexibility index (Phi) is 12.5. The largest absolute Gasteiger partial charge is 0.481 e. The molecule has 5 atom stereocenters. The molecular weight excluding hydrogens is 424 g/mol. The van der Waals surface area contributed by atoms with Crippen LogP contribution in [0.3, 0.4) is 0 Å². The van der Waals surface area contributed by atoms with Crippen molar-refractivity contribution in [3.8, 4) is 0 Å². The van der Waals surface area contributed by atoms with Gasteiger partial charge < -0.3 is 37.0 Å². The zero-order chi connectivity index (χ0) is 25.2. The number of carbonyl (C=O) groups excluding carboxylic acids is 3. The fourth-order valence-electron chi connectivity index (χ4n) is 2.85. The monoisotopic (exact) mass is 460 g/mol. The maximum absolute atomic E-state index is 12.8. The van der Waals surface area contributed by atoms with Crippen molar-refractivity contribution in [2.24, 2.45) is 17.6 Å². The first-order valence-electron chi connectivity index (χ1n) is 10.5. The SMILES string of the molecule is CC(C)CC(N)C(=O)NC(CCC(=O)O)C(=O)NC(C(=O)NC(C(=O)O)C(C)O)C(C)C. The topological polar surface area (TPSA) is 208 Å². The molecule has 0 aromatic heterocycles. The van der Waals surface area contributed by atoms with E-state index in [1.165, 1.54) is 6.92 Å². The molecule has 12 heteroatoms. The van der Waals surface area contributed by atoms with Crippen molar-refractivity contribution in [2.75, 3.05) is 0 Å². The third-order valence-corrected chi connectivity index (χ3v) is 4.64. The molecule has 0 rings (SSSR count). The number of aliphatic hydroxyl groups excluding tert-OH is 1. The Bertz CT molecular complexity index is 681. The molecule has 12 nitrogen and oxygen atoms in total. The van der Waals surface area contributed by atoms with Crippen LogP contribution in [0, 0.1) is 11.8 Å². The van der Waals surface area contributed by atoms with Crippen LogP contribution in [0.5, 0.6) is 0 Å². The van der Waals surface area contributed by atoms with E-state index in [-0.39, 0.29) is 12.3 Å². The molecule has 8 N–H and O–H groups in total. The lowest BCUT2D eigenvalue weighted by Crippen LogP contribution is -2.59. The van der Waals surface area contributed by atoms with E-state index in [4.69, 9.17) is 15.9 Å². The number of rotatable bonds is 14. The van der Waals surface area contributed by atoms with E-state index in [9.17, 15) is 29.1 Å². The highest BCUT2D eigenvalue weighted by atomic mass is 16.4. The fourth-order valence-corrected chi connectivity index (χ4v) is 2.85. The molecule has 0 aromatic rings. The Hall–Kier alpha value is -2.73. The van der Waals surface area contributed by atoms with Crippen LogP contribution in [-0.2, 0) is 24.0 Å². The lowest BCUT2D eigenvalue weighted by molar-refractivity contribution is -0.145. The standard InChI is InChI=1S/C20H36N4O8/c1-9(2)8-12(21)17(28)22-13(6-7-14(26)27)18(29)23-15(10(3)4)19(30)24-16(11(5)25)20(31)32/h9-13,15-16,25H,6-8,21H2,1-5H3,(H,22,28)(H,23,29)(H,24,30)(H,26,27)(H,31,32). The lowest BCUT2D eigenvalue weighted by Gasteiger charge is -2.27. The Morgan fingerprint density at radius 1 is 0.812 bits per heavy atom. The molecule has 5 unspecified atom stereocenters. The number of amides is 3. The predicted molar refractivity (Wildman–Crippen MR) is 114 cm³/mol. The molecule has 0 aliphatic heterocycles. The Balaban J connectivity index is 5.47. The molecule has 0 aliphatic carbocycles. The van der Waals surface area contributed by atoms with E-state index in [1.807, 2.05) is 13.8 Å². The molecule has 0 bridgehead atoms. The van der Waals surface area contributed by atoms with E-state index in [0.717, 1.165) is 0 Å². The van der Waals surface area contributed by atoms with Gasteiger partial charge in [0.1, 0.15) is 12.1 Å². The van der Waals surface area contributed by atoms with Gasteiger partial charge in [-0.1, -0.05) is 27.7 Å². The average Bonchev–Trinajstić information content (AvgIpc) is 2.65. The summed E-state index contributed by atoms with van der Waals surface area (Å²) in [6.45, 7) is 8.13. The molecule has 0 fully saturated rings. The highest BCUT2D eigenvalue weighted by molar-refractivity contribution is 5.94. The second-order valence-electron chi connectivity index (χ2n) is 8.53. The fraction of sp³-hybridized carbons (Fsp3) is 0.750. The number of aliphatic carboxylic acids is 2. The van der Waals surface area contributed by atoms with Gasteiger partial charge in [0.25, 0.3) is 0 Å². The third kappa shape index (κ3) is 10.5. The Morgan fingerprint density at radius 3 is 1.75 bits per heavy atom. The van der Waals surface area contributed by atoms with Gasteiger partial charge in [-0.2, -0.15) is 0 Å². The van der Waals surface area contributed by atoms with Crippen molar-refractivity contribution in [3.05, 3.63) is 0 Å². The van der Waals surface area contributed by atoms with Crippen molar-refractivity contribution in [1.82, 2.24) is 16.0 Å². The van der Waals surface area contributed by atoms with Crippen molar-refractivity contribution in [3.63, 3.8) is 0 Å². The van der Waals surface area contributed by atoms with Gasteiger partial charge in [0.05, 0.1) is 12.1 Å². The molecule has 0 radical (unpaired) electrons. The van der Waals surface area contributed by atoms with E-state index >= 15 is 0 Å². The van der Waals surface area contributed by atoms with E-state index in [2.05, 4.69) is 16.0 Å². The van der Waals surface area contributed by atoms with Crippen molar-refractivity contribution >= 4 is 29.7 Å². The third-order valence-electron chi connectivity index (χ3n) is 4.64. The average molecular weight is 461 g/mol. The van der Waals surface area contributed by atoms with Gasteiger partial charge in [-0.05, 0) is 31.6 Å². The Labute approximate surface area is 187 Å². The van der Waals surface area contributed by atoms with Crippen molar-refractivity contribution < 1.29 is 39.3 Å². The van der Waals surface area contributed by atoms with Crippen LogP contribution in [0.4, 0.5) is 0 Å². The summed E-state index contributed by atoms with van der Waals surface area (Å²) in [4.78, 5) is 59.9. The number of nitrogens with two attached hydrogens (primary N) is 1. The highest BCUT2D eigenvalue weighted by Crippen LogP contribution is 2.08. The second-order valence-corrected chi connectivity index (χ2v) is 8.53. The summed E-state index contributed by atoms with van der Waals surface area (Å²) >= 11 is 0. The zero-order valence-electron chi connectivity index (χ0n) is 19.1. The highest BCUT2D eigenvalue weighted by Gasteiger charge is 2.33. The zero-order valence-corrected chi connectivity index (χ0v) is 19.1. The predicted octanol–water partition coefficient (Wildman–Crippen LogP) is -1.20. The van der Waals surface area contributed by atoms with Gasteiger partial charge >= 0.3 is 11.9 Å². The maximum Gasteiger partial charge on any atom is 0.328 e. The van der Waals surface area contributed by atoms with Gasteiger partial charge in [-0.15, -0.1) is 0 Å². The summed E-state index contributed by atoms with van der Waals surface area (Å²) < 4.78 is 0. The van der Waals surface area contributed by atoms with Crippen LogP contribution in [0.15, 0.2) is 0 Å². The van der Waals surface area contributed by atoms with Crippen LogP contribution >= 0.6 is 0 Å². The number of carboxylic acid groups (broad SMARTS) is 2. The number of nitrogens with one attached hydrogen (secondary N) is 3. The van der Waals surface area contributed by atoms with Crippen LogP contribution in [0.25, 0.3) is 0 Å². The minimum Gasteiger partial charge on any atom is -0.481 e. The summed E-state index contributed by atoms with van der Waals surface area (Å²) in [6, 6.07) is -4.95. The number of hydrogen-bond donors (Lipinski definition) is 7. The molecule has 3 amide bonds. The molecule has 0 aromatic carbocycles.